The molecule has 1 fully saturated rings. The lowest BCUT2D eigenvalue weighted by Crippen LogP contribution is -2.30. The number of nitrogens with zero attached hydrogens (tertiary/aromatic N) is 3. The summed E-state index contributed by atoms with van der Waals surface area (Å²) in [6, 6.07) is 5.87. The molecule has 0 N–H and O–H groups in total. The normalized spacial score (nSPS) is 15.2. The number of hydrogen-bond acceptors (Lipinski definition) is 4. The molecule has 1 aliphatic rings. The summed E-state index contributed by atoms with van der Waals surface area (Å²) in [5.74, 6) is 1.59. The molecule has 1 aromatic heterocycles. The molecule has 1 aromatic carbocycles. The summed E-state index contributed by atoms with van der Waals surface area (Å²) < 4.78 is 18.4. The van der Waals surface area contributed by atoms with Gasteiger partial charge in [-0.15, -0.1) is 0 Å². The van der Waals surface area contributed by atoms with Crippen molar-refractivity contribution >= 4 is 5.95 Å². The first-order valence-electron chi connectivity index (χ1n) is 6.82. The van der Waals surface area contributed by atoms with E-state index in [1.54, 1.807) is 24.5 Å². The minimum atomic E-state index is -0.283. The van der Waals surface area contributed by atoms with Gasteiger partial charge >= 0.3 is 0 Å². The molecule has 2 heterocycles. The van der Waals surface area contributed by atoms with Crippen LogP contribution in [0, 0.1) is 5.82 Å². The highest BCUT2D eigenvalue weighted by Gasteiger charge is 2.13. The first kappa shape index (κ1) is 12.8. The van der Waals surface area contributed by atoms with Crippen molar-refractivity contribution in [1.82, 2.24) is 9.97 Å². The van der Waals surface area contributed by atoms with Crippen molar-refractivity contribution in [2.24, 2.45) is 0 Å². The van der Waals surface area contributed by atoms with E-state index < -0.39 is 0 Å². The van der Waals surface area contributed by atoms with Crippen LogP contribution in [0.1, 0.15) is 19.3 Å². The Morgan fingerprint density at radius 2 is 1.55 bits per heavy atom. The predicted molar refractivity (Wildman–Crippen MR) is 74.6 cm³/mol. The Morgan fingerprint density at radius 3 is 2.20 bits per heavy atom. The first-order valence-corrected chi connectivity index (χ1v) is 6.82. The molecule has 0 atom stereocenters. The Kier molecular flexibility index (Phi) is 3.76. The molecular weight excluding hydrogens is 257 g/mol. The average Bonchev–Trinajstić information content (AvgIpc) is 2.51. The van der Waals surface area contributed by atoms with Crippen molar-refractivity contribution in [2.75, 3.05) is 18.0 Å². The number of ether oxygens (including phenoxy) is 1. The molecule has 0 saturated carbocycles. The van der Waals surface area contributed by atoms with Crippen LogP contribution in [0.25, 0.3) is 0 Å². The van der Waals surface area contributed by atoms with Gasteiger partial charge in [0.15, 0.2) is 5.75 Å². The van der Waals surface area contributed by atoms with Crippen molar-refractivity contribution < 1.29 is 9.13 Å². The van der Waals surface area contributed by atoms with E-state index in [1.165, 1.54) is 31.4 Å². The van der Waals surface area contributed by atoms with E-state index in [0.717, 1.165) is 19.0 Å². The number of benzene rings is 1. The number of halogens is 1. The van der Waals surface area contributed by atoms with Crippen LogP contribution in [0.2, 0.25) is 0 Å². The predicted octanol–water partition coefficient (Wildman–Crippen LogP) is 3.40. The number of aromatic nitrogens is 2. The smallest absolute Gasteiger partial charge is 0.225 e. The van der Waals surface area contributed by atoms with Crippen molar-refractivity contribution in [3.05, 3.63) is 42.5 Å². The zero-order valence-electron chi connectivity index (χ0n) is 11.1. The van der Waals surface area contributed by atoms with E-state index in [1.807, 2.05) is 0 Å². The van der Waals surface area contributed by atoms with Gasteiger partial charge in [0.25, 0.3) is 0 Å². The van der Waals surface area contributed by atoms with Crippen LogP contribution < -0.4 is 9.64 Å². The molecular formula is C15H16FN3O. The molecule has 2 aromatic rings. The van der Waals surface area contributed by atoms with Crippen molar-refractivity contribution in [1.29, 1.82) is 0 Å². The maximum atomic E-state index is 12.8. The maximum absolute atomic E-state index is 12.8. The molecule has 104 valence electrons. The number of piperidine rings is 1. The molecule has 1 saturated heterocycles. The molecule has 0 radical (unpaired) electrons. The zero-order chi connectivity index (χ0) is 13.8. The summed E-state index contributed by atoms with van der Waals surface area (Å²) in [6.07, 6.45) is 6.97. The van der Waals surface area contributed by atoms with Gasteiger partial charge in [0.05, 0.1) is 12.4 Å². The molecule has 20 heavy (non-hydrogen) atoms. The molecule has 0 aliphatic carbocycles. The Hall–Kier alpha value is -2.17. The molecule has 1 aliphatic heterocycles. The van der Waals surface area contributed by atoms with Gasteiger partial charge in [0.1, 0.15) is 11.6 Å². The molecule has 5 heteroatoms. The Labute approximate surface area is 117 Å². The second-order valence-electron chi connectivity index (χ2n) is 4.82. The summed E-state index contributed by atoms with van der Waals surface area (Å²) in [5.41, 5.74) is 0. The fourth-order valence-electron chi connectivity index (χ4n) is 2.26. The number of anilines is 1. The van der Waals surface area contributed by atoms with E-state index in [-0.39, 0.29) is 5.82 Å². The van der Waals surface area contributed by atoms with Gasteiger partial charge in [-0.05, 0) is 43.5 Å². The summed E-state index contributed by atoms with van der Waals surface area (Å²) in [6.45, 7) is 2.02. The minimum Gasteiger partial charge on any atom is -0.454 e. The van der Waals surface area contributed by atoms with Crippen LogP contribution >= 0.6 is 0 Å². The van der Waals surface area contributed by atoms with Gasteiger partial charge < -0.3 is 9.64 Å². The van der Waals surface area contributed by atoms with E-state index in [2.05, 4.69) is 14.9 Å². The Morgan fingerprint density at radius 1 is 0.900 bits per heavy atom. The van der Waals surface area contributed by atoms with Crippen LogP contribution in [0.15, 0.2) is 36.7 Å². The topological polar surface area (TPSA) is 38.2 Å². The SMILES string of the molecule is Fc1ccc(Oc2cnc(N3CCCCC3)nc2)cc1. The largest absolute Gasteiger partial charge is 0.454 e. The zero-order valence-corrected chi connectivity index (χ0v) is 11.1. The lowest BCUT2D eigenvalue weighted by Gasteiger charge is -2.26. The lowest BCUT2D eigenvalue weighted by atomic mass is 10.1. The quantitative estimate of drug-likeness (QED) is 0.859. The highest BCUT2D eigenvalue weighted by atomic mass is 19.1. The van der Waals surface area contributed by atoms with Crippen LogP contribution in [0.5, 0.6) is 11.5 Å². The second kappa shape index (κ2) is 5.86. The third-order valence-electron chi connectivity index (χ3n) is 3.30. The highest BCUT2D eigenvalue weighted by Crippen LogP contribution is 2.22. The van der Waals surface area contributed by atoms with E-state index in [9.17, 15) is 4.39 Å². The molecule has 0 spiro atoms. The standard InChI is InChI=1S/C15H16FN3O/c16-12-4-6-13(7-5-12)20-14-10-17-15(18-11-14)19-8-2-1-3-9-19/h4-7,10-11H,1-3,8-9H2. The summed E-state index contributed by atoms with van der Waals surface area (Å²) in [5, 5.41) is 0. The Balaban J connectivity index is 1.67. The van der Waals surface area contributed by atoms with Crippen LogP contribution in [0.3, 0.4) is 0 Å². The van der Waals surface area contributed by atoms with Gasteiger partial charge in [-0.25, -0.2) is 14.4 Å². The van der Waals surface area contributed by atoms with E-state index in [4.69, 9.17) is 4.74 Å². The summed E-state index contributed by atoms with van der Waals surface area (Å²) in [7, 11) is 0. The van der Waals surface area contributed by atoms with E-state index in [0.29, 0.717) is 11.5 Å². The monoisotopic (exact) mass is 273 g/mol. The minimum absolute atomic E-state index is 0.283. The van der Waals surface area contributed by atoms with Crippen LogP contribution in [-0.2, 0) is 0 Å². The molecule has 0 unspecified atom stereocenters. The summed E-state index contributed by atoms with van der Waals surface area (Å²) in [4.78, 5) is 10.8. The van der Waals surface area contributed by atoms with Crippen LogP contribution in [0.4, 0.5) is 10.3 Å². The van der Waals surface area contributed by atoms with Crippen molar-refractivity contribution in [2.45, 2.75) is 19.3 Å². The fraction of sp³-hybridized carbons (Fsp3) is 0.333. The third-order valence-corrected chi connectivity index (χ3v) is 3.30. The third kappa shape index (κ3) is 3.04. The van der Waals surface area contributed by atoms with Crippen molar-refractivity contribution in [3.63, 3.8) is 0 Å². The molecule has 0 bridgehead atoms. The fourth-order valence-corrected chi connectivity index (χ4v) is 2.26. The number of hydrogen-bond donors (Lipinski definition) is 0. The van der Waals surface area contributed by atoms with Gasteiger partial charge in [0.2, 0.25) is 5.95 Å². The lowest BCUT2D eigenvalue weighted by molar-refractivity contribution is 0.474. The van der Waals surface area contributed by atoms with E-state index >= 15 is 0 Å². The second-order valence-corrected chi connectivity index (χ2v) is 4.82. The first-order chi connectivity index (χ1) is 9.81. The molecule has 0 amide bonds. The van der Waals surface area contributed by atoms with Crippen molar-refractivity contribution in [3.8, 4) is 11.5 Å². The van der Waals surface area contributed by atoms with Gasteiger partial charge in [0, 0.05) is 13.1 Å². The van der Waals surface area contributed by atoms with Gasteiger partial charge in [-0.3, -0.25) is 0 Å². The molecule has 3 rings (SSSR count). The summed E-state index contributed by atoms with van der Waals surface area (Å²) >= 11 is 0. The maximum Gasteiger partial charge on any atom is 0.225 e. The van der Waals surface area contributed by atoms with Gasteiger partial charge in [-0.1, -0.05) is 0 Å². The Bertz CT molecular complexity index is 550. The average molecular weight is 273 g/mol. The van der Waals surface area contributed by atoms with Gasteiger partial charge in [-0.2, -0.15) is 0 Å². The number of rotatable bonds is 3. The highest BCUT2D eigenvalue weighted by molar-refractivity contribution is 5.34. The molecule has 4 nitrogen and oxygen atoms in total. The van der Waals surface area contributed by atoms with Crippen LogP contribution in [-0.4, -0.2) is 23.1 Å².